The Bertz CT molecular complexity index is 472. The van der Waals surface area contributed by atoms with E-state index in [1.54, 1.807) is 0 Å². The normalized spacial score (nSPS) is 27.1. The lowest BCUT2D eigenvalue weighted by Gasteiger charge is -2.33. The maximum absolute atomic E-state index is 12.2. The second-order valence-electron chi connectivity index (χ2n) is 6.56. The molecule has 20 heavy (non-hydrogen) atoms. The molecule has 1 aliphatic carbocycles. The Balaban J connectivity index is 1.94. The molecule has 110 valence electrons. The van der Waals surface area contributed by atoms with Crippen molar-refractivity contribution in [1.29, 1.82) is 0 Å². The van der Waals surface area contributed by atoms with Crippen molar-refractivity contribution in [3.8, 4) is 0 Å². The molecule has 2 rings (SSSR count). The van der Waals surface area contributed by atoms with Gasteiger partial charge in [0.1, 0.15) is 5.78 Å². The van der Waals surface area contributed by atoms with Crippen LogP contribution in [0.2, 0.25) is 0 Å². The molecule has 0 radical (unpaired) electrons. The summed E-state index contributed by atoms with van der Waals surface area (Å²) >= 11 is 0. The Hall–Kier alpha value is -1.22. The standard InChI is InChI=1S/C17H26N2O/c1-12-8-13(2)16(17(20)9-12)11-19(4)10-15-7-5-6-14(3)18-15/h5-7,12-13,16H,8-11H2,1-4H3. The van der Waals surface area contributed by atoms with Crippen LogP contribution >= 0.6 is 0 Å². The first-order chi connectivity index (χ1) is 9.45. The van der Waals surface area contributed by atoms with E-state index in [2.05, 4.69) is 36.8 Å². The molecule has 0 aromatic carbocycles. The molecule has 1 heterocycles. The van der Waals surface area contributed by atoms with E-state index < -0.39 is 0 Å². The zero-order valence-corrected chi connectivity index (χ0v) is 13.1. The highest BCUT2D eigenvalue weighted by molar-refractivity contribution is 5.82. The Labute approximate surface area is 122 Å². The maximum atomic E-state index is 12.2. The predicted octanol–water partition coefficient (Wildman–Crippen LogP) is 3.07. The molecular weight excluding hydrogens is 248 g/mol. The van der Waals surface area contributed by atoms with Crippen LogP contribution in [0, 0.1) is 24.7 Å². The van der Waals surface area contributed by atoms with Crippen molar-refractivity contribution >= 4 is 5.78 Å². The number of Topliss-reactive ketones (excluding diaryl/α,β-unsaturated/α-hetero) is 1. The molecule has 1 aromatic heterocycles. The van der Waals surface area contributed by atoms with Crippen molar-refractivity contribution in [2.45, 2.75) is 40.2 Å². The summed E-state index contributed by atoms with van der Waals surface area (Å²) in [6.07, 6.45) is 1.93. The van der Waals surface area contributed by atoms with Gasteiger partial charge in [0, 0.05) is 31.1 Å². The minimum absolute atomic E-state index is 0.195. The van der Waals surface area contributed by atoms with Crippen molar-refractivity contribution in [1.82, 2.24) is 9.88 Å². The maximum Gasteiger partial charge on any atom is 0.137 e. The summed E-state index contributed by atoms with van der Waals surface area (Å²) in [6.45, 7) is 8.08. The average molecular weight is 274 g/mol. The molecule has 0 saturated heterocycles. The number of aromatic nitrogens is 1. The number of aryl methyl sites for hydroxylation is 1. The fourth-order valence-corrected chi connectivity index (χ4v) is 3.34. The number of pyridine rings is 1. The first-order valence-corrected chi connectivity index (χ1v) is 7.59. The lowest BCUT2D eigenvalue weighted by Crippen LogP contribution is -2.38. The molecule has 3 heteroatoms. The Kier molecular flexibility index (Phi) is 4.92. The number of carbonyl (C=O) groups is 1. The summed E-state index contributed by atoms with van der Waals surface area (Å²) in [6, 6.07) is 6.11. The fraction of sp³-hybridized carbons (Fsp3) is 0.647. The van der Waals surface area contributed by atoms with Gasteiger partial charge in [0.15, 0.2) is 0 Å². The molecular formula is C17H26N2O. The van der Waals surface area contributed by atoms with Crippen LogP contribution in [0.1, 0.15) is 38.1 Å². The van der Waals surface area contributed by atoms with Gasteiger partial charge in [-0.25, -0.2) is 0 Å². The van der Waals surface area contributed by atoms with Gasteiger partial charge < -0.3 is 0 Å². The Morgan fingerprint density at radius 1 is 1.35 bits per heavy atom. The van der Waals surface area contributed by atoms with Crippen molar-refractivity contribution in [2.24, 2.45) is 17.8 Å². The summed E-state index contributed by atoms with van der Waals surface area (Å²) < 4.78 is 0. The van der Waals surface area contributed by atoms with E-state index in [4.69, 9.17) is 0 Å². The van der Waals surface area contributed by atoms with E-state index in [-0.39, 0.29) is 5.92 Å². The van der Waals surface area contributed by atoms with E-state index in [1.165, 1.54) is 6.42 Å². The Morgan fingerprint density at radius 3 is 2.75 bits per heavy atom. The summed E-state index contributed by atoms with van der Waals surface area (Å²) in [7, 11) is 2.09. The molecule has 1 aliphatic rings. The van der Waals surface area contributed by atoms with Crippen molar-refractivity contribution in [2.75, 3.05) is 13.6 Å². The van der Waals surface area contributed by atoms with Crippen LogP contribution in [0.25, 0.3) is 0 Å². The van der Waals surface area contributed by atoms with Crippen LogP contribution in [-0.4, -0.2) is 29.3 Å². The van der Waals surface area contributed by atoms with E-state index in [9.17, 15) is 4.79 Å². The fourth-order valence-electron chi connectivity index (χ4n) is 3.34. The van der Waals surface area contributed by atoms with Gasteiger partial charge in [0.25, 0.3) is 0 Å². The van der Waals surface area contributed by atoms with Gasteiger partial charge in [-0.1, -0.05) is 19.9 Å². The molecule has 1 fully saturated rings. The molecule has 3 nitrogen and oxygen atoms in total. The third kappa shape index (κ3) is 3.89. The van der Waals surface area contributed by atoms with Crippen LogP contribution in [0.3, 0.4) is 0 Å². The van der Waals surface area contributed by atoms with Crippen LogP contribution < -0.4 is 0 Å². The quantitative estimate of drug-likeness (QED) is 0.846. The molecule has 3 atom stereocenters. The van der Waals surface area contributed by atoms with Gasteiger partial charge in [-0.05, 0) is 44.4 Å². The van der Waals surface area contributed by atoms with Gasteiger partial charge in [-0.3, -0.25) is 14.7 Å². The highest BCUT2D eigenvalue weighted by Crippen LogP contribution is 2.31. The predicted molar refractivity (Wildman–Crippen MR) is 81.4 cm³/mol. The molecule has 1 saturated carbocycles. The molecule has 0 spiro atoms. The second kappa shape index (κ2) is 6.49. The lowest BCUT2D eigenvalue weighted by molar-refractivity contribution is -0.128. The summed E-state index contributed by atoms with van der Waals surface area (Å²) in [5.74, 6) is 1.69. The highest BCUT2D eigenvalue weighted by atomic mass is 16.1. The monoisotopic (exact) mass is 274 g/mol. The van der Waals surface area contributed by atoms with Gasteiger partial charge in [-0.2, -0.15) is 0 Å². The highest BCUT2D eigenvalue weighted by Gasteiger charge is 2.32. The van der Waals surface area contributed by atoms with Crippen molar-refractivity contribution in [3.05, 3.63) is 29.6 Å². The van der Waals surface area contributed by atoms with Crippen molar-refractivity contribution in [3.63, 3.8) is 0 Å². The summed E-state index contributed by atoms with van der Waals surface area (Å²) in [5, 5.41) is 0. The van der Waals surface area contributed by atoms with Gasteiger partial charge in [0.05, 0.1) is 5.69 Å². The molecule has 0 N–H and O–H groups in total. The third-order valence-electron chi connectivity index (χ3n) is 4.31. The average Bonchev–Trinajstić information content (AvgIpc) is 2.33. The van der Waals surface area contributed by atoms with Crippen LogP contribution in [-0.2, 0) is 11.3 Å². The van der Waals surface area contributed by atoms with Crippen molar-refractivity contribution < 1.29 is 4.79 Å². The number of nitrogens with zero attached hydrogens (tertiary/aromatic N) is 2. The van der Waals surface area contributed by atoms with Gasteiger partial charge in [0.2, 0.25) is 0 Å². The summed E-state index contributed by atoms with van der Waals surface area (Å²) in [4.78, 5) is 19.0. The van der Waals surface area contributed by atoms with E-state index in [0.717, 1.165) is 30.9 Å². The first kappa shape index (κ1) is 15.2. The molecule has 0 amide bonds. The van der Waals surface area contributed by atoms with E-state index >= 15 is 0 Å². The molecule has 1 aromatic rings. The zero-order valence-electron chi connectivity index (χ0n) is 13.1. The minimum Gasteiger partial charge on any atom is -0.300 e. The third-order valence-corrected chi connectivity index (χ3v) is 4.31. The second-order valence-corrected chi connectivity index (χ2v) is 6.56. The minimum atomic E-state index is 0.195. The topological polar surface area (TPSA) is 33.2 Å². The zero-order chi connectivity index (χ0) is 14.7. The van der Waals surface area contributed by atoms with Crippen LogP contribution in [0.5, 0.6) is 0 Å². The molecule has 3 unspecified atom stereocenters. The number of hydrogen-bond acceptors (Lipinski definition) is 3. The van der Waals surface area contributed by atoms with E-state index in [1.807, 2.05) is 19.1 Å². The molecule has 0 bridgehead atoms. The number of ketones is 1. The Morgan fingerprint density at radius 2 is 2.10 bits per heavy atom. The van der Waals surface area contributed by atoms with Crippen LogP contribution in [0.15, 0.2) is 18.2 Å². The smallest absolute Gasteiger partial charge is 0.137 e. The number of hydrogen-bond donors (Lipinski definition) is 0. The van der Waals surface area contributed by atoms with Crippen LogP contribution in [0.4, 0.5) is 0 Å². The lowest BCUT2D eigenvalue weighted by atomic mass is 9.74. The molecule has 0 aliphatic heterocycles. The van der Waals surface area contributed by atoms with E-state index in [0.29, 0.717) is 17.6 Å². The summed E-state index contributed by atoms with van der Waals surface area (Å²) in [5.41, 5.74) is 2.13. The SMILES string of the molecule is Cc1cccc(CN(C)CC2C(=O)CC(C)CC2C)n1. The largest absolute Gasteiger partial charge is 0.300 e. The van der Waals surface area contributed by atoms with Gasteiger partial charge in [-0.15, -0.1) is 0 Å². The first-order valence-electron chi connectivity index (χ1n) is 7.59. The van der Waals surface area contributed by atoms with Gasteiger partial charge >= 0.3 is 0 Å². The number of carbonyl (C=O) groups excluding carboxylic acids is 1. The number of rotatable bonds is 4.